The summed E-state index contributed by atoms with van der Waals surface area (Å²) >= 11 is 0. The van der Waals surface area contributed by atoms with E-state index in [1.807, 2.05) is 13.8 Å². The predicted molar refractivity (Wildman–Crippen MR) is 289 cm³/mol. The van der Waals surface area contributed by atoms with Crippen LogP contribution in [0.4, 0.5) is 0 Å². The minimum Gasteiger partial charge on any atom is -0.453 e. The van der Waals surface area contributed by atoms with E-state index in [2.05, 4.69) is 40.7 Å². The van der Waals surface area contributed by atoms with Gasteiger partial charge in [0.2, 0.25) is 0 Å². The fourth-order valence-corrected chi connectivity index (χ4v) is 16.8. The Morgan fingerprint density at radius 1 is 0.612 bits per heavy atom. The molecule has 15 N–H and O–H groups in total. The first kappa shape index (κ1) is 67.1. The van der Waals surface area contributed by atoms with Crippen molar-refractivity contribution in [3.8, 4) is 0 Å². The lowest BCUT2D eigenvalue weighted by Crippen LogP contribution is -2.71. The summed E-state index contributed by atoms with van der Waals surface area (Å²) in [6.07, 6.45) is -29.6. The summed E-state index contributed by atoms with van der Waals surface area (Å²) in [5, 5.41) is 163. The average molecular weight is 1220 g/mol. The van der Waals surface area contributed by atoms with Gasteiger partial charge in [0.25, 0.3) is 0 Å². The molecule has 30 atom stereocenters. The highest BCUT2D eigenvalue weighted by molar-refractivity contribution is 5.90. The van der Waals surface area contributed by atoms with Crippen molar-refractivity contribution in [3.63, 3.8) is 0 Å². The molecule has 9 aliphatic rings. The van der Waals surface area contributed by atoms with Gasteiger partial charge in [-0.2, -0.15) is 0 Å². The van der Waals surface area contributed by atoms with Gasteiger partial charge in [0.05, 0.1) is 56.8 Å². The van der Waals surface area contributed by atoms with Crippen LogP contribution in [0.25, 0.3) is 0 Å². The van der Waals surface area contributed by atoms with Gasteiger partial charge in [0.1, 0.15) is 97.3 Å². The highest BCUT2D eigenvalue weighted by Crippen LogP contribution is 2.75. The molecule has 0 radical (unpaired) electrons. The second-order valence-electron chi connectivity index (χ2n) is 27.8. The number of allylic oxidation sites excluding steroid dienone is 3. The monoisotopic (exact) mass is 1220 g/mol. The Labute approximate surface area is 494 Å². The number of aliphatic hydroxyl groups excluding tert-OH is 15. The standard InChI is InChI=1S/C59H94O26/c1-10-24(2)49(76)85-46-38(66)30(22-78-51-43(71)40(68)36(64)28(20-61)81-51)83-53(45(46)73)84-34-14-15-56(7)31(55(34,5)6)13-16-57(8)32(56)12-11-25-26-17-54(3,4)47(74)48(75)59(26,33(62)18-58(25,57)9)23-79-52-44(72)41(69)37(65)29(82-52)21-77-50-42(70)39(67)35(63)27(19-60)80-50/h10-11,26-32,34-48,50-53,60-61,63-75H,12-23H2,1-9H3/b24-10-/t26-,27+,28+,29+,30+,31-,32+,34-,35+,36+,37+,38+,39-,40-,41-,42+,43+,44+,45+,46-,47-,48-,50+,51+,52+,53-,56-,57+,58+,59-/m0/s1. The molecule has 4 aliphatic heterocycles. The molecule has 486 valence electrons. The molecule has 4 saturated heterocycles. The van der Waals surface area contributed by atoms with Crippen LogP contribution in [0.1, 0.15) is 107 Å². The molecule has 4 saturated carbocycles. The molecule has 4 heterocycles. The minimum absolute atomic E-state index is 0.00788. The van der Waals surface area contributed by atoms with Gasteiger partial charge in [-0.25, -0.2) is 4.79 Å². The van der Waals surface area contributed by atoms with Crippen LogP contribution in [0.5, 0.6) is 0 Å². The molecule has 8 fully saturated rings. The molecule has 0 bridgehead atoms. The number of fused-ring (bicyclic) bond motifs is 7. The number of hydrogen-bond acceptors (Lipinski definition) is 26. The van der Waals surface area contributed by atoms with Crippen LogP contribution < -0.4 is 0 Å². The second kappa shape index (κ2) is 24.7. The fourth-order valence-electron chi connectivity index (χ4n) is 16.8. The first-order valence-electron chi connectivity index (χ1n) is 30.0. The van der Waals surface area contributed by atoms with E-state index in [4.69, 9.17) is 42.6 Å². The SMILES string of the molecule is C/C=C(/C)C(=O)O[C@@H]1[C@@H](O)[C@H](O[C@H]2CC[C@]3(C)[C@H]4CC=C5[C@@H]6CC(C)(C)[C@@H](O)[C@H](O)[C@]6(CO[C@@H]6O[C@H](CO[C@@H]7O[C@H](CO)[C@@H](O)[C@H](O)[C@H]7O)[C@@H](O)[C@H](O)[C@H]6O)C(=O)C[C@@]5(C)[C@]4(C)CC[C@H]3C2(C)C)O[C@H](CO[C@@H]2O[C@H](CO)[C@@H](O)[C@H](O)[C@H]2O)[C@H]1O. The van der Waals surface area contributed by atoms with Crippen LogP contribution in [0.15, 0.2) is 23.3 Å². The van der Waals surface area contributed by atoms with Crippen molar-refractivity contribution in [3.05, 3.63) is 23.3 Å². The molecule has 0 amide bonds. The number of aliphatic hydroxyl groups is 15. The van der Waals surface area contributed by atoms with E-state index in [0.29, 0.717) is 32.1 Å². The lowest BCUT2D eigenvalue weighted by Gasteiger charge is -2.71. The van der Waals surface area contributed by atoms with E-state index in [0.717, 1.165) is 5.57 Å². The maximum absolute atomic E-state index is 15.6. The molecule has 0 aromatic heterocycles. The first-order chi connectivity index (χ1) is 39.7. The van der Waals surface area contributed by atoms with Gasteiger partial charge in [-0.15, -0.1) is 0 Å². The van der Waals surface area contributed by atoms with Crippen molar-refractivity contribution in [1.29, 1.82) is 0 Å². The normalized spacial score (nSPS) is 51.6. The maximum atomic E-state index is 15.6. The van der Waals surface area contributed by atoms with Gasteiger partial charge in [0.15, 0.2) is 31.3 Å². The average Bonchev–Trinajstić information content (AvgIpc) is 0.707. The topological polar surface area (TPSA) is 421 Å². The Balaban J connectivity index is 0.943. The molecule has 0 unspecified atom stereocenters. The summed E-state index contributed by atoms with van der Waals surface area (Å²) in [4.78, 5) is 28.8. The number of hydrogen-bond donors (Lipinski definition) is 15. The number of rotatable bonds is 15. The molecule has 0 aromatic rings. The van der Waals surface area contributed by atoms with Crippen LogP contribution >= 0.6 is 0 Å². The lowest BCUT2D eigenvalue weighted by atomic mass is 9.33. The number of carbonyl (C=O) groups is 2. The summed E-state index contributed by atoms with van der Waals surface area (Å²) in [6.45, 7) is 14.4. The van der Waals surface area contributed by atoms with Crippen molar-refractivity contribution < 1.29 is 129 Å². The Bertz CT molecular complexity index is 2440. The molecule has 26 nitrogen and oxygen atoms in total. The van der Waals surface area contributed by atoms with Gasteiger partial charge >= 0.3 is 5.97 Å². The lowest BCUT2D eigenvalue weighted by molar-refractivity contribution is -0.345. The molecule has 0 aromatic carbocycles. The van der Waals surface area contributed by atoms with Crippen LogP contribution in [-0.2, 0) is 52.2 Å². The highest BCUT2D eigenvalue weighted by Gasteiger charge is 2.73. The van der Waals surface area contributed by atoms with Crippen LogP contribution in [0, 0.1) is 50.2 Å². The largest absolute Gasteiger partial charge is 0.453 e. The first-order valence-corrected chi connectivity index (χ1v) is 30.0. The van der Waals surface area contributed by atoms with Crippen molar-refractivity contribution >= 4 is 11.8 Å². The third-order valence-electron chi connectivity index (χ3n) is 22.5. The Morgan fingerprint density at radius 2 is 1.12 bits per heavy atom. The van der Waals surface area contributed by atoms with Crippen LogP contribution in [0.3, 0.4) is 0 Å². The zero-order valence-corrected chi connectivity index (χ0v) is 49.9. The summed E-state index contributed by atoms with van der Waals surface area (Å²) in [6, 6.07) is 0. The van der Waals surface area contributed by atoms with Gasteiger partial charge in [-0.05, 0) is 91.8 Å². The van der Waals surface area contributed by atoms with E-state index < -0.39 is 213 Å². The molecule has 9 rings (SSSR count). The molecular formula is C59H94O26. The maximum Gasteiger partial charge on any atom is 0.333 e. The Hall–Kier alpha value is -2.30. The summed E-state index contributed by atoms with van der Waals surface area (Å²) in [5.41, 5.74) is -3.88. The molecule has 85 heavy (non-hydrogen) atoms. The second-order valence-corrected chi connectivity index (χ2v) is 27.8. The quantitative estimate of drug-likeness (QED) is 0.0338. The molecular weight excluding hydrogens is 1120 g/mol. The third-order valence-corrected chi connectivity index (χ3v) is 22.5. The Kier molecular flexibility index (Phi) is 19.5. The van der Waals surface area contributed by atoms with Crippen molar-refractivity contribution in [2.24, 2.45) is 50.2 Å². The van der Waals surface area contributed by atoms with E-state index in [-0.39, 0.29) is 41.4 Å². The highest BCUT2D eigenvalue weighted by atomic mass is 16.7. The minimum atomic E-state index is -1.89. The smallest absolute Gasteiger partial charge is 0.333 e. The summed E-state index contributed by atoms with van der Waals surface area (Å²) < 4.78 is 53.4. The van der Waals surface area contributed by atoms with Gasteiger partial charge in [-0.3, -0.25) is 4.79 Å². The molecule has 26 heteroatoms. The molecule has 5 aliphatic carbocycles. The zero-order chi connectivity index (χ0) is 62.6. The van der Waals surface area contributed by atoms with E-state index >= 15 is 4.79 Å². The number of Topliss-reactive ketones (excluding diaryl/α,β-unsaturated/α-hetero) is 1. The van der Waals surface area contributed by atoms with E-state index in [9.17, 15) is 81.4 Å². The fraction of sp³-hybridized carbons (Fsp3) is 0.898. The third kappa shape index (κ3) is 11.2. The number of carbonyl (C=O) groups excluding carboxylic acids is 2. The van der Waals surface area contributed by atoms with Gasteiger partial charge in [-0.1, -0.05) is 66.2 Å². The van der Waals surface area contributed by atoms with Crippen molar-refractivity contribution in [1.82, 2.24) is 0 Å². The van der Waals surface area contributed by atoms with Crippen LogP contribution in [0.2, 0.25) is 0 Å². The van der Waals surface area contributed by atoms with Crippen molar-refractivity contribution in [2.45, 2.75) is 248 Å². The van der Waals surface area contributed by atoms with Gasteiger partial charge in [0, 0.05) is 17.4 Å². The van der Waals surface area contributed by atoms with Crippen molar-refractivity contribution in [2.75, 3.05) is 33.0 Å². The Morgan fingerprint density at radius 3 is 1.66 bits per heavy atom. The summed E-state index contributed by atoms with van der Waals surface area (Å²) in [7, 11) is 0. The number of ether oxygens (including phenoxy) is 9. The number of esters is 1. The van der Waals surface area contributed by atoms with Crippen LogP contribution in [-0.4, -0.2) is 263 Å². The zero-order valence-electron chi connectivity index (χ0n) is 49.9. The predicted octanol–water partition coefficient (Wildman–Crippen LogP) is -2.92. The summed E-state index contributed by atoms with van der Waals surface area (Å²) in [5.74, 6) is -1.92. The van der Waals surface area contributed by atoms with E-state index in [1.54, 1.807) is 6.92 Å². The number of ketones is 1. The van der Waals surface area contributed by atoms with E-state index in [1.165, 1.54) is 13.0 Å². The van der Waals surface area contributed by atoms with Gasteiger partial charge < -0.3 is 119 Å². The molecule has 0 spiro atoms.